The SMILES string of the molecule is C[C@@H](N)c1ccnc(N(C)Cc2ccccc2F)c1. The van der Waals surface area contributed by atoms with Crippen molar-refractivity contribution in [3.05, 3.63) is 59.5 Å². The van der Waals surface area contributed by atoms with E-state index in [0.717, 1.165) is 11.4 Å². The average Bonchev–Trinajstić information content (AvgIpc) is 2.41. The minimum Gasteiger partial charge on any atom is -0.355 e. The number of pyridine rings is 1. The molecule has 1 aromatic heterocycles. The Balaban J connectivity index is 2.18. The Kier molecular flexibility index (Phi) is 4.12. The zero-order valence-electron chi connectivity index (χ0n) is 11.2. The van der Waals surface area contributed by atoms with Crippen molar-refractivity contribution in [1.29, 1.82) is 0 Å². The molecule has 0 amide bonds. The maximum absolute atomic E-state index is 13.6. The van der Waals surface area contributed by atoms with E-state index in [1.54, 1.807) is 18.3 Å². The molecule has 0 radical (unpaired) electrons. The van der Waals surface area contributed by atoms with Gasteiger partial charge in [0.05, 0.1) is 0 Å². The van der Waals surface area contributed by atoms with E-state index in [-0.39, 0.29) is 11.9 Å². The van der Waals surface area contributed by atoms with Crippen LogP contribution in [0.3, 0.4) is 0 Å². The van der Waals surface area contributed by atoms with Gasteiger partial charge in [-0.05, 0) is 30.7 Å². The van der Waals surface area contributed by atoms with Gasteiger partial charge in [0.15, 0.2) is 0 Å². The monoisotopic (exact) mass is 259 g/mol. The fourth-order valence-electron chi connectivity index (χ4n) is 1.89. The van der Waals surface area contributed by atoms with Crippen molar-refractivity contribution in [2.75, 3.05) is 11.9 Å². The van der Waals surface area contributed by atoms with Gasteiger partial charge in [0.25, 0.3) is 0 Å². The fraction of sp³-hybridized carbons (Fsp3) is 0.267. The second-order valence-corrected chi connectivity index (χ2v) is 4.68. The third kappa shape index (κ3) is 3.29. The van der Waals surface area contributed by atoms with Crippen LogP contribution >= 0.6 is 0 Å². The molecule has 19 heavy (non-hydrogen) atoms. The molecule has 2 aromatic rings. The minimum atomic E-state index is -0.197. The number of hydrogen-bond donors (Lipinski definition) is 1. The maximum atomic E-state index is 13.6. The van der Waals surface area contributed by atoms with Gasteiger partial charge in [-0.2, -0.15) is 0 Å². The highest BCUT2D eigenvalue weighted by molar-refractivity contribution is 5.42. The average molecular weight is 259 g/mol. The molecule has 2 N–H and O–H groups in total. The van der Waals surface area contributed by atoms with Crippen molar-refractivity contribution in [3.8, 4) is 0 Å². The summed E-state index contributed by atoms with van der Waals surface area (Å²) in [6.45, 7) is 2.40. The predicted octanol–water partition coefficient (Wildman–Crippen LogP) is 2.88. The molecule has 1 heterocycles. The molecule has 1 aromatic carbocycles. The first kappa shape index (κ1) is 13.5. The molecule has 4 heteroatoms. The Labute approximate surface area is 112 Å². The number of nitrogens with zero attached hydrogens (tertiary/aromatic N) is 2. The van der Waals surface area contributed by atoms with E-state index >= 15 is 0 Å². The summed E-state index contributed by atoms with van der Waals surface area (Å²) < 4.78 is 13.6. The van der Waals surface area contributed by atoms with E-state index in [2.05, 4.69) is 4.98 Å². The lowest BCUT2D eigenvalue weighted by Crippen LogP contribution is -2.19. The second-order valence-electron chi connectivity index (χ2n) is 4.68. The topological polar surface area (TPSA) is 42.1 Å². The van der Waals surface area contributed by atoms with Crippen molar-refractivity contribution >= 4 is 5.82 Å². The molecule has 0 aliphatic carbocycles. The zero-order chi connectivity index (χ0) is 13.8. The number of benzene rings is 1. The van der Waals surface area contributed by atoms with Crippen molar-refractivity contribution in [2.45, 2.75) is 19.5 Å². The molecule has 0 aliphatic heterocycles. The molecule has 1 atom stereocenters. The van der Waals surface area contributed by atoms with Crippen LogP contribution in [0.5, 0.6) is 0 Å². The smallest absolute Gasteiger partial charge is 0.128 e. The molecule has 0 unspecified atom stereocenters. The molecule has 0 fully saturated rings. The lowest BCUT2D eigenvalue weighted by Gasteiger charge is -2.19. The van der Waals surface area contributed by atoms with Crippen molar-refractivity contribution in [2.24, 2.45) is 5.73 Å². The van der Waals surface area contributed by atoms with E-state index in [0.29, 0.717) is 12.1 Å². The third-order valence-electron chi connectivity index (χ3n) is 3.05. The second kappa shape index (κ2) is 5.80. The lowest BCUT2D eigenvalue weighted by atomic mass is 10.1. The molecule has 3 nitrogen and oxygen atoms in total. The highest BCUT2D eigenvalue weighted by atomic mass is 19.1. The van der Waals surface area contributed by atoms with Crippen LogP contribution in [0, 0.1) is 5.82 Å². The van der Waals surface area contributed by atoms with Crippen molar-refractivity contribution in [1.82, 2.24) is 4.98 Å². The summed E-state index contributed by atoms with van der Waals surface area (Å²) in [5.41, 5.74) is 7.52. The highest BCUT2D eigenvalue weighted by Crippen LogP contribution is 2.18. The first-order valence-electron chi connectivity index (χ1n) is 6.24. The number of nitrogens with two attached hydrogens (primary N) is 1. The first-order valence-corrected chi connectivity index (χ1v) is 6.24. The van der Waals surface area contributed by atoms with E-state index in [4.69, 9.17) is 5.73 Å². The Morgan fingerprint density at radius 2 is 2.05 bits per heavy atom. The molecule has 0 spiro atoms. The number of hydrogen-bond acceptors (Lipinski definition) is 3. The summed E-state index contributed by atoms with van der Waals surface area (Å²) in [6, 6.07) is 10.6. The van der Waals surface area contributed by atoms with Crippen LogP contribution in [0.1, 0.15) is 24.1 Å². The van der Waals surface area contributed by atoms with Crippen LogP contribution in [0.2, 0.25) is 0 Å². The largest absolute Gasteiger partial charge is 0.355 e. The summed E-state index contributed by atoms with van der Waals surface area (Å²) >= 11 is 0. The van der Waals surface area contributed by atoms with Gasteiger partial charge in [-0.15, -0.1) is 0 Å². The molecule has 0 saturated carbocycles. The Bertz CT molecular complexity index is 555. The molecule has 100 valence electrons. The summed E-state index contributed by atoms with van der Waals surface area (Å²) in [6.07, 6.45) is 1.73. The van der Waals surface area contributed by atoms with Gasteiger partial charge in [-0.3, -0.25) is 0 Å². The zero-order valence-corrected chi connectivity index (χ0v) is 11.2. The summed E-state index contributed by atoms with van der Waals surface area (Å²) in [5, 5.41) is 0. The third-order valence-corrected chi connectivity index (χ3v) is 3.05. The first-order chi connectivity index (χ1) is 9.08. The molecule has 0 aliphatic rings. The summed E-state index contributed by atoms with van der Waals surface area (Å²) in [5.74, 6) is 0.593. The molecule has 0 saturated heterocycles. The maximum Gasteiger partial charge on any atom is 0.128 e. The lowest BCUT2D eigenvalue weighted by molar-refractivity contribution is 0.607. The van der Waals surface area contributed by atoms with Gasteiger partial charge < -0.3 is 10.6 Å². The summed E-state index contributed by atoms with van der Waals surface area (Å²) in [4.78, 5) is 6.20. The summed E-state index contributed by atoms with van der Waals surface area (Å²) in [7, 11) is 1.89. The molecular formula is C15H18FN3. The van der Waals surface area contributed by atoms with Gasteiger partial charge in [-0.1, -0.05) is 18.2 Å². The fourth-order valence-corrected chi connectivity index (χ4v) is 1.89. The van der Waals surface area contributed by atoms with E-state index in [1.807, 2.05) is 37.1 Å². The Morgan fingerprint density at radius 1 is 1.32 bits per heavy atom. The predicted molar refractivity (Wildman–Crippen MR) is 75.3 cm³/mol. The van der Waals surface area contributed by atoms with Crippen LogP contribution in [0.25, 0.3) is 0 Å². The highest BCUT2D eigenvalue weighted by Gasteiger charge is 2.08. The van der Waals surface area contributed by atoms with Gasteiger partial charge in [-0.25, -0.2) is 9.37 Å². The molecular weight excluding hydrogens is 241 g/mol. The standard InChI is InChI=1S/C15H18FN3/c1-11(17)12-7-8-18-15(9-12)19(2)10-13-5-3-4-6-14(13)16/h3-9,11H,10,17H2,1-2H3/t11-/m1/s1. The van der Waals surface area contributed by atoms with Gasteiger partial charge in [0, 0.05) is 31.4 Å². The van der Waals surface area contributed by atoms with E-state index in [1.165, 1.54) is 6.07 Å². The van der Waals surface area contributed by atoms with Crippen LogP contribution in [0.15, 0.2) is 42.6 Å². The van der Waals surface area contributed by atoms with Crippen LogP contribution in [0.4, 0.5) is 10.2 Å². The van der Waals surface area contributed by atoms with Crippen LogP contribution in [-0.4, -0.2) is 12.0 Å². The minimum absolute atomic E-state index is 0.0383. The van der Waals surface area contributed by atoms with Crippen molar-refractivity contribution < 1.29 is 4.39 Å². The quantitative estimate of drug-likeness (QED) is 0.918. The van der Waals surface area contributed by atoms with Crippen molar-refractivity contribution in [3.63, 3.8) is 0 Å². The number of rotatable bonds is 4. The van der Waals surface area contributed by atoms with E-state index in [9.17, 15) is 4.39 Å². The van der Waals surface area contributed by atoms with Gasteiger partial charge in [0.1, 0.15) is 11.6 Å². The number of anilines is 1. The Morgan fingerprint density at radius 3 is 2.74 bits per heavy atom. The molecule has 0 bridgehead atoms. The Hall–Kier alpha value is -1.94. The van der Waals surface area contributed by atoms with E-state index < -0.39 is 0 Å². The van der Waals surface area contributed by atoms with Gasteiger partial charge >= 0.3 is 0 Å². The van der Waals surface area contributed by atoms with Crippen LogP contribution in [-0.2, 0) is 6.54 Å². The normalized spacial score (nSPS) is 12.2. The number of aromatic nitrogens is 1. The van der Waals surface area contributed by atoms with Gasteiger partial charge in [0.2, 0.25) is 0 Å². The van der Waals surface area contributed by atoms with Crippen LogP contribution < -0.4 is 10.6 Å². The number of halogens is 1. The molecule has 2 rings (SSSR count).